The first kappa shape index (κ1) is 20.3. The molecular formula is C28H23N5O. The summed E-state index contributed by atoms with van der Waals surface area (Å²) in [6, 6.07) is 27.4. The number of aliphatic hydroxyl groups excluding tert-OH is 1. The van der Waals surface area contributed by atoms with Crippen LogP contribution in [0.4, 0.5) is 5.69 Å². The Morgan fingerprint density at radius 3 is 2.47 bits per heavy atom. The minimum absolute atomic E-state index is 0.257. The van der Waals surface area contributed by atoms with Gasteiger partial charge in [0.05, 0.1) is 35.4 Å². The highest BCUT2D eigenvalue weighted by Crippen LogP contribution is 2.47. The van der Waals surface area contributed by atoms with Gasteiger partial charge in [0, 0.05) is 22.4 Å². The summed E-state index contributed by atoms with van der Waals surface area (Å²) in [7, 11) is 0. The molecule has 2 heterocycles. The molecule has 0 bridgehead atoms. The van der Waals surface area contributed by atoms with E-state index in [1.165, 1.54) is 0 Å². The highest BCUT2D eigenvalue weighted by atomic mass is 16.3. The second-order valence-corrected chi connectivity index (χ2v) is 8.55. The largest absolute Gasteiger partial charge is 0.398 e. The van der Waals surface area contributed by atoms with Crippen LogP contribution in [0.1, 0.15) is 34.4 Å². The molecule has 2 aromatic heterocycles. The van der Waals surface area contributed by atoms with Gasteiger partial charge in [-0.3, -0.25) is 4.98 Å². The lowest BCUT2D eigenvalue weighted by Gasteiger charge is -2.29. The number of nitrogens with zero attached hydrogens (tertiary/aromatic N) is 4. The van der Waals surface area contributed by atoms with Crippen molar-refractivity contribution in [2.24, 2.45) is 5.10 Å². The summed E-state index contributed by atoms with van der Waals surface area (Å²) in [5.41, 5.74) is 13.3. The van der Waals surface area contributed by atoms with Gasteiger partial charge in [-0.25, -0.2) is 0 Å². The van der Waals surface area contributed by atoms with Gasteiger partial charge in [0.1, 0.15) is 5.69 Å². The number of rotatable bonds is 4. The molecule has 166 valence electrons. The molecule has 2 atom stereocenters. The third-order valence-electron chi connectivity index (χ3n) is 6.41. The number of pyridine rings is 1. The highest BCUT2D eigenvalue weighted by Gasteiger charge is 2.36. The van der Waals surface area contributed by atoms with Crippen molar-refractivity contribution in [1.82, 2.24) is 14.9 Å². The average molecular weight is 446 g/mol. The maximum absolute atomic E-state index is 11.4. The van der Waals surface area contributed by atoms with Crippen LogP contribution >= 0.6 is 0 Å². The third-order valence-corrected chi connectivity index (χ3v) is 6.41. The molecule has 0 radical (unpaired) electrons. The van der Waals surface area contributed by atoms with E-state index in [-0.39, 0.29) is 5.92 Å². The van der Waals surface area contributed by atoms with Crippen molar-refractivity contribution in [2.75, 3.05) is 5.73 Å². The Morgan fingerprint density at radius 2 is 1.68 bits per heavy atom. The number of benzene rings is 3. The molecule has 1 aliphatic carbocycles. The highest BCUT2D eigenvalue weighted by molar-refractivity contribution is 5.99. The van der Waals surface area contributed by atoms with E-state index in [0.29, 0.717) is 12.1 Å². The first-order valence-corrected chi connectivity index (χ1v) is 11.3. The van der Waals surface area contributed by atoms with E-state index in [2.05, 4.69) is 5.10 Å². The van der Waals surface area contributed by atoms with Crippen LogP contribution in [-0.4, -0.2) is 26.2 Å². The minimum Gasteiger partial charge on any atom is -0.398 e. The van der Waals surface area contributed by atoms with E-state index in [1.54, 1.807) is 11.0 Å². The Bertz CT molecular complexity index is 1510. The Balaban J connectivity index is 1.50. The number of nitrogen functional groups attached to an aromatic ring is 1. The number of aromatic nitrogens is 3. The van der Waals surface area contributed by atoms with Gasteiger partial charge in [-0.2, -0.15) is 15.0 Å². The first-order valence-electron chi connectivity index (χ1n) is 11.3. The normalized spacial score (nSPS) is 15.9. The van der Waals surface area contributed by atoms with Crippen molar-refractivity contribution in [3.8, 4) is 11.3 Å². The molecule has 1 aliphatic rings. The number of para-hydroxylation sites is 1. The lowest BCUT2D eigenvalue weighted by atomic mass is 9.79. The summed E-state index contributed by atoms with van der Waals surface area (Å²) >= 11 is 0. The molecule has 0 amide bonds. The van der Waals surface area contributed by atoms with E-state index in [1.807, 2.05) is 91.1 Å². The summed E-state index contributed by atoms with van der Waals surface area (Å²) in [6.07, 6.45) is 3.55. The molecular weight excluding hydrogens is 422 g/mol. The van der Waals surface area contributed by atoms with Gasteiger partial charge in [0.25, 0.3) is 0 Å². The average Bonchev–Trinajstić information content (AvgIpc) is 3.30. The van der Waals surface area contributed by atoms with E-state index >= 15 is 0 Å². The predicted molar refractivity (Wildman–Crippen MR) is 135 cm³/mol. The summed E-state index contributed by atoms with van der Waals surface area (Å²) in [5.74, 6) is -0.257. The molecule has 0 aliphatic heterocycles. The summed E-state index contributed by atoms with van der Waals surface area (Å²) in [6.45, 7) is 0. The number of nitrogens with two attached hydrogens (primary N) is 1. The quantitative estimate of drug-likeness (QED) is 0.384. The van der Waals surface area contributed by atoms with Gasteiger partial charge in [0.2, 0.25) is 0 Å². The Labute approximate surface area is 197 Å². The topological polar surface area (TPSA) is 89.3 Å². The van der Waals surface area contributed by atoms with Gasteiger partial charge in [0.15, 0.2) is 0 Å². The molecule has 5 aromatic rings. The van der Waals surface area contributed by atoms with Crippen molar-refractivity contribution in [1.29, 1.82) is 0 Å². The van der Waals surface area contributed by atoms with E-state index in [9.17, 15) is 5.11 Å². The van der Waals surface area contributed by atoms with Gasteiger partial charge in [-0.15, -0.1) is 0 Å². The van der Waals surface area contributed by atoms with Gasteiger partial charge in [-0.05, 0) is 23.6 Å². The Hall–Kier alpha value is -4.29. The fourth-order valence-electron chi connectivity index (χ4n) is 4.73. The molecule has 2 unspecified atom stereocenters. The molecule has 0 saturated heterocycles. The van der Waals surface area contributed by atoms with E-state index in [0.717, 1.165) is 44.5 Å². The second-order valence-electron chi connectivity index (χ2n) is 8.55. The molecule has 34 heavy (non-hydrogen) atoms. The third kappa shape index (κ3) is 3.45. The van der Waals surface area contributed by atoms with Gasteiger partial charge in [-0.1, -0.05) is 78.9 Å². The van der Waals surface area contributed by atoms with Crippen LogP contribution in [0, 0.1) is 0 Å². The summed E-state index contributed by atoms with van der Waals surface area (Å²) in [5, 5.41) is 21.6. The molecule has 3 aromatic carbocycles. The summed E-state index contributed by atoms with van der Waals surface area (Å²) < 4.78 is 0. The maximum Gasteiger partial charge on any atom is 0.102 e. The second kappa shape index (κ2) is 8.24. The van der Waals surface area contributed by atoms with Crippen molar-refractivity contribution in [3.63, 3.8) is 0 Å². The Morgan fingerprint density at radius 1 is 0.971 bits per heavy atom. The molecule has 6 rings (SSSR count). The van der Waals surface area contributed by atoms with Crippen LogP contribution in [0.5, 0.6) is 0 Å². The van der Waals surface area contributed by atoms with Crippen LogP contribution < -0.4 is 5.73 Å². The van der Waals surface area contributed by atoms with Crippen molar-refractivity contribution in [3.05, 3.63) is 114 Å². The lowest BCUT2D eigenvalue weighted by molar-refractivity contribution is 0.142. The van der Waals surface area contributed by atoms with Crippen LogP contribution in [0.25, 0.3) is 22.2 Å². The first-order chi connectivity index (χ1) is 16.7. The van der Waals surface area contributed by atoms with Gasteiger partial charge >= 0.3 is 0 Å². The minimum atomic E-state index is -0.725. The number of hydrogen-bond donors (Lipinski definition) is 2. The molecule has 6 heteroatoms. The zero-order valence-electron chi connectivity index (χ0n) is 18.4. The zero-order valence-corrected chi connectivity index (χ0v) is 18.4. The standard InChI is InChI=1S/C28H23N5O/c29-25-21-13-7-8-14-23(21)31-27-22(28(34)19-11-5-2-6-12-19)15-20-17-33(32-26(20)24(25)27)30-16-18-9-3-1-4-10-18/h1-14,16-17,22,28,34H,15H2,(H2,29,31). The van der Waals surface area contributed by atoms with Gasteiger partial charge < -0.3 is 10.8 Å². The fraction of sp³-hybridized carbons (Fsp3) is 0.107. The number of fused-ring (bicyclic) bond motifs is 4. The lowest BCUT2D eigenvalue weighted by Crippen LogP contribution is -2.20. The molecule has 0 spiro atoms. The maximum atomic E-state index is 11.4. The molecule has 0 saturated carbocycles. The molecule has 0 fully saturated rings. The smallest absolute Gasteiger partial charge is 0.102 e. The van der Waals surface area contributed by atoms with Crippen molar-refractivity contribution >= 4 is 22.8 Å². The van der Waals surface area contributed by atoms with Crippen molar-refractivity contribution < 1.29 is 5.11 Å². The fourth-order valence-corrected chi connectivity index (χ4v) is 4.73. The molecule has 6 nitrogen and oxygen atoms in total. The van der Waals surface area contributed by atoms with Crippen LogP contribution in [0.3, 0.4) is 0 Å². The van der Waals surface area contributed by atoms with Crippen LogP contribution in [0.2, 0.25) is 0 Å². The number of anilines is 1. The monoisotopic (exact) mass is 445 g/mol. The molecule has 3 N–H and O–H groups in total. The van der Waals surface area contributed by atoms with Crippen LogP contribution in [-0.2, 0) is 6.42 Å². The van der Waals surface area contributed by atoms with E-state index in [4.69, 9.17) is 15.8 Å². The van der Waals surface area contributed by atoms with Crippen LogP contribution in [0.15, 0.2) is 96.2 Å². The summed E-state index contributed by atoms with van der Waals surface area (Å²) in [4.78, 5) is 6.56. The number of aliphatic hydroxyl groups is 1. The SMILES string of the molecule is Nc1c2c(nc3ccccc13)C(C(O)c1ccccc1)Cc1cn(N=Cc3ccccc3)nc1-2. The number of hydrogen-bond acceptors (Lipinski definition) is 5. The zero-order chi connectivity index (χ0) is 23.1. The Kier molecular flexibility index (Phi) is 4.93. The predicted octanol–water partition coefficient (Wildman–Crippen LogP) is 4.94. The van der Waals surface area contributed by atoms with E-state index < -0.39 is 6.10 Å². The van der Waals surface area contributed by atoms with Crippen molar-refractivity contribution in [2.45, 2.75) is 18.4 Å².